The van der Waals surface area contributed by atoms with E-state index in [1.807, 2.05) is 0 Å². The summed E-state index contributed by atoms with van der Waals surface area (Å²) in [6.45, 7) is 8.80. The van der Waals surface area contributed by atoms with E-state index in [2.05, 4.69) is 25.7 Å². The molecule has 0 aliphatic heterocycles. The van der Waals surface area contributed by atoms with Crippen LogP contribution in [0.5, 0.6) is 0 Å². The average molecular weight is 211 g/mol. The topological polar surface area (TPSA) is 20.3 Å². The van der Waals surface area contributed by atoms with Gasteiger partial charge in [-0.15, -0.1) is 0 Å². The molecule has 2 nitrogen and oxygen atoms in total. The van der Waals surface area contributed by atoms with E-state index < -0.39 is 0 Å². The summed E-state index contributed by atoms with van der Waals surface area (Å²) in [5, 5.41) is 0. The van der Waals surface area contributed by atoms with Gasteiger partial charge in [-0.2, -0.15) is 0 Å². The average Bonchev–Trinajstić information content (AvgIpc) is 2.67. The fourth-order valence-corrected chi connectivity index (χ4v) is 2.54. The number of likely N-dealkylation sites (N-methyl/N-ethyl adjacent to an activating group) is 1. The van der Waals surface area contributed by atoms with Crippen LogP contribution in [0.3, 0.4) is 0 Å². The van der Waals surface area contributed by atoms with Gasteiger partial charge in [-0.1, -0.05) is 33.6 Å². The highest BCUT2D eigenvalue weighted by molar-refractivity contribution is 5.85. The Hall–Kier alpha value is -0.370. The minimum absolute atomic E-state index is 0.246. The third kappa shape index (κ3) is 3.30. The van der Waals surface area contributed by atoms with Crippen LogP contribution < -0.4 is 0 Å². The van der Waals surface area contributed by atoms with Crippen LogP contribution in [0, 0.1) is 5.92 Å². The second kappa shape index (κ2) is 6.26. The summed E-state index contributed by atoms with van der Waals surface area (Å²) in [5.74, 6) is 1.24. The van der Waals surface area contributed by atoms with E-state index in [-0.39, 0.29) is 6.04 Å². The molecule has 1 fully saturated rings. The largest absolute Gasteiger partial charge is 0.298 e. The SMILES string of the molecule is CCC(CC)CN(CC)C1CCCC1=O. The molecule has 0 aromatic rings. The number of hydrogen-bond acceptors (Lipinski definition) is 2. The first-order valence-corrected chi connectivity index (χ1v) is 6.49. The number of carbonyl (C=O) groups is 1. The van der Waals surface area contributed by atoms with Gasteiger partial charge < -0.3 is 0 Å². The molecule has 1 unspecified atom stereocenters. The standard InChI is InChI=1S/C13H25NO/c1-4-11(5-2)10-14(6-3)12-8-7-9-13(12)15/h11-12H,4-10H2,1-3H3. The lowest BCUT2D eigenvalue weighted by Gasteiger charge is -2.29. The van der Waals surface area contributed by atoms with Crippen molar-refractivity contribution in [2.45, 2.75) is 58.9 Å². The Kier molecular flexibility index (Phi) is 5.30. The molecule has 0 bridgehead atoms. The molecule has 0 saturated heterocycles. The van der Waals surface area contributed by atoms with Crippen molar-refractivity contribution in [2.24, 2.45) is 5.92 Å². The number of carbonyl (C=O) groups excluding carboxylic acids is 1. The Balaban J connectivity index is 2.50. The van der Waals surface area contributed by atoms with Crippen molar-refractivity contribution in [3.63, 3.8) is 0 Å². The highest BCUT2D eigenvalue weighted by Crippen LogP contribution is 2.22. The lowest BCUT2D eigenvalue weighted by molar-refractivity contribution is -0.122. The molecule has 15 heavy (non-hydrogen) atoms. The molecule has 0 aromatic heterocycles. The second-order valence-electron chi connectivity index (χ2n) is 4.64. The van der Waals surface area contributed by atoms with Crippen LogP contribution in [0.2, 0.25) is 0 Å². The summed E-state index contributed by atoms with van der Waals surface area (Å²) >= 11 is 0. The van der Waals surface area contributed by atoms with Crippen molar-refractivity contribution in [1.82, 2.24) is 4.90 Å². The molecule has 1 aliphatic rings. The van der Waals surface area contributed by atoms with Crippen molar-refractivity contribution in [3.8, 4) is 0 Å². The minimum atomic E-state index is 0.246. The van der Waals surface area contributed by atoms with Crippen LogP contribution >= 0.6 is 0 Å². The highest BCUT2D eigenvalue weighted by Gasteiger charge is 2.29. The van der Waals surface area contributed by atoms with E-state index in [4.69, 9.17) is 0 Å². The van der Waals surface area contributed by atoms with E-state index in [1.165, 1.54) is 12.8 Å². The molecular weight excluding hydrogens is 186 g/mol. The zero-order valence-electron chi connectivity index (χ0n) is 10.5. The zero-order chi connectivity index (χ0) is 11.3. The summed E-state index contributed by atoms with van der Waals surface area (Å²) in [6.07, 6.45) is 5.46. The van der Waals surface area contributed by atoms with E-state index in [9.17, 15) is 4.79 Å². The van der Waals surface area contributed by atoms with Crippen molar-refractivity contribution < 1.29 is 4.79 Å². The third-order valence-corrected chi connectivity index (χ3v) is 3.77. The first-order valence-electron chi connectivity index (χ1n) is 6.49. The first-order chi connectivity index (χ1) is 7.22. The summed E-state index contributed by atoms with van der Waals surface area (Å²) in [4.78, 5) is 14.1. The summed E-state index contributed by atoms with van der Waals surface area (Å²) in [5.41, 5.74) is 0. The maximum Gasteiger partial charge on any atom is 0.149 e. The third-order valence-electron chi connectivity index (χ3n) is 3.77. The Morgan fingerprint density at radius 2 is 2.00 bits per heavy atom. The monoisotopic (exact) mass is 211 g/mol. The molecule has 0 spiro atoms. The van der Waals surface area contributed by atoms with Gasteiger partial charge in [-0.3, -0.25) is 9.69 Å². The van der Waals surface area contributed by atoms with Gasteiger partial charge in [0, 0.05) is 13.0 Å². The molecular formula is C13H25NO. The zero-order valence-corrected chi connectivity index (χ0v) is 10.5. The molecule has 1 rings (SSSR count). The molecule has 0 N–H and O–H groups in total. The molecule has 0 heterocycles. The number of Topliss-reactive ketones (excluding diaryl/α,β-unsaturated/α-hetero) is 1. The highest BCUT2D eigenvalue weighted by atomic mass is 16.1. The van der Waals surface area contributed by atoms with Gasteiger partial charge in [-0.05, 0) is 25.3 Å². The van der Waals surface area contributed by atoms with Crippen molar-refractivity contribution in [3.05, 3.63) is 0 Å². The molecule has 0 amide bonds. The molecule has 2 heteroatoms. The quantitative estimate of drug-likeness (QED) is 0.673. The molecule has 0 aromatic carbocycles. The van der Waals surface area contributed by atoms with Gasteiger partial charge in [-0.25, -0.2) is 0 Å². The van der Waals surface area contributed by atoms with E-state index in [1.54, 1.807) is 0 Å². The van der Waals surface area contributed by atoms with Gasteiger partial charge in [0.2, 0.25) is 0 Å². The second-order valence-corrected chi connectivity index (χ2v) is 4.64. The Morgan fingerprint density at radius 1 is 1.33 bits per heavy atom. The molecule has 0 radical (unpaired) electrons. The van der Waals surface area contributed by atoms with Crippen molar-refractivity contribution >= 4 is 5.78 Å². The smallest absolute Gasteiger partial charge is 0.149 e. The maximum atomic E-state index is 11.7. The lowest BCUT2D eigenvalue weighted by atomic mass is 10.0. The fraction of sp³-hybridized carbons (Fsp3) is 0.923. The van der Waals surface area contributed by atoms with Crippen LogP contribution in [0.1, 0.15) is 52.9 Å². The maximum absolute atomic E-state index is 11.7. The normalized spacial score (nSPS) is 21.9. The van der Waals surface area contributed by atoms with Gasteiger partial charge >= 0.3 is 0 Å². The van der Waals surface area contributed by atoms with Crippen LogP contribution in [0.15, 0.2) is 0 Å². The van der Waals surface area contributed by atoms with Gasteiger partial charge in [0.1, 0.15) is 5.78 Å². The Bertz CT molecular complexity index is 199. The van der Waals surface area contributed by atoms with Crippen LogP contribution in [-0.2, 0) is 4.79 Å². The van der Waals surface area contributed by atoms with Crippen LogP contribution in [0.25, 0.3) is 0 Å². The Morgan fingerprint density at radius 3 is 2.40 bits per heavy atom. The predicted molar refractivity (Wildman–Crippen MR) is 64.0 cm³/mol. The molecule has 1 aliphatic carbocycles. The summed E-state index contributed by atoms with van der Waals surface area (Å²) in [6, 6.07) is 0.246. The lowest BCUT2D eigenvalue weighted by Crippen LogP contribution is -2.40. The van der Waals surface area contributed by atoms with Crippen molar-refractivity contribution in [1.29, 1.82) is 0 Å². The predicted octanol–water partition coefficient (Wildman–Crippen LogP) is 2.87. The molecule has 1 atom stereocenters. The summed E-state index contributed by atoms with van der Waals surface area (Å²) in [7, 11) is 0. The van der Waals surface area contributed by atoms with Gasteiger partial charge in [0.05, 0.1) is 6.04 Å². The van der Waals surface area contributed by atoms with Crippen LogP contribution in [-0.4, -0.2) is 29.8 Å². The number of rotatable bonds is 6. The minimum Gasteiger partial charge on any atom is -0.298 e. The number of hydrogen-bond donors (Lipinski definition) is 0. The number of ketones is 1. The van der Waals surface area contributed by atoms with Crippen LogP contribution in [0.4, 0.5) is 0 Å². The van der Waals surface area contributed by atoms with E-state index >= 15 is 0 Å². The Labute approximate surface area is 94.0 Å². The fourth-order valence-electron chi connectivity index (χ4n) is 2.54. The van der Waals surface area contributed by atoms with Crippen molar-refractivity contribution in [2.75, 3.05) is 13.1 Å². The molecule has 1 saturated carbocycles. The first kappa shape index (κ1) is 12.7. The molecule has 88 valence electrons. The summed E-state index contributed by atoms with van der Waals surface area (Å²) < 4.78 is 0. The van der Waals surface area contributed by atoms with Gasteiger partial charge in [0.25, 0.3) is 0 Å². The van der Waals surface area contributed by atoms with E-state index in [0.29, 0.717) is 5.78 Å². The number of nitrogens with zero attached hydrogens (tertiary/aromatic N) is 1. The van der Waals surface area contributed by atoms with Gasteiger partial charge in [0.15, 0.2) is 0 Å². The van der Waals surface area contributed by atoms with E-state index in [0.717, 1.165) is 38.3 Å².